The Balaban J connectivity index is 1.63. The number of ether oxygens (including phenoxy) is 1. The van der Waals surface area contributed by atoms with Crippen molar-refractivity contribution >= 4 is 5.97 Å². The van der Waals surface area contributed by atoms with Crippen molar-refractivity contribution in [2.45, 2.75) is 49.5 Å². The molecule has 0 aromatic heterocycles. The second-order valence-electron chi connectivity index (χ2n) is 5.95. The van der Waals surface area contributed by atoms with Crippen molar-refractivity contribution < 1.29 is 19.7 Å². The third-order valence-electron chi connectivity index (χ3n) is 4.46. The highest BCUT2D eigenvalue weighted by Crippen LogP contribution is 2.30. The van der Waals surface area contributed by atoms with E-state index in [0.29, 0.717) is 6.42 Å². The number of hydrogen-bond acceptors (Lipinski definition) is 5. The summed E-state index contributed by atoms with van der Waals surface area (Å²) in [5, 5.41) is 22.7. The topological polar surface area (TPSA) is 78.8 Å². The lowest BCUT2D eigenvalue weighted by Crippen LogP contribution is -2.44. The van der Waals surface area contributed by atoms with E-state index in [0.717, 1.165) is 18.4 Å². The van der Waals surface area contributed by atoms with Gasteiger partial charge in [0.25, 0.3) is 0 Å². The van der Waals surface area contributed by atoms with Crippen molar-refractivity contribution in [1.29, 1.82) is 0 Å². The quantitative estimate of drug-likeness (QED) is 0.707. The summed E-state index contributed by atoms with van der Waals surface area (Å²) in [5.74, 6) is -1.02. The largest absolute Gasteiger partial charge is 0.462 e. The maximum Gasteiger partial charge on any atom is 0.316 e. The Hall–Kier alpha value is -1.43. The fourth-order valence-electron chi connectivity index (χ4n) is 3.37. The molecule has 1 aromatic carbocycles. The van der Waals surface area contributed by atoms with Crippen molar-refractivity contribution in [3.05, 3.63) is 35.9 Å². The van der Waals surface area contributed by atoms with Gasteiger partial charge in [-0.2, -0.15) is 0 Å². The Morgan fingerprint density at radius 1 is 1.29 bits per heavy atom. The van der Waals surface area contributed by atoms with Gasteiger partial charge in [0.15, 0.2) is 0 Å². The fraction of sp³-hybridized carbons (Fsp3) is 0.562. The van der Waals surface area contributed by atoms with Gasteiger partial charge < -0.3 is 20.3 Å². The second-order valence-corrected chi connectivity index (χ2v) is 5.95. The molecule has 114 valence electrons. The number of aliphatic hydroxyl groups is 2. The normalized spacial score (nSPS) is 32.7. The fourth-order valence-corrected chi connectivity index (χ4v) is 3.37. The van der Waals surface area contributed by atoms with Crippen molar-refractivity contribution in [3.8, 4) is 0 Å². The number of esters is 1. The van der Waals surface area contributed by atoms with Gasteiger partial charge in [-0.05, 0) is 18.4 Å². The van der Waals surface area contributed by atoms with Gasteiger partial charge in [0.1, 0.15) is 12.0 Å². The van der Waals surface area contributed by atoms with E-state index in [2.05, 4.69) is 5.32 Å². The van der Waals surface area contributed by atoms with Crippen molar-refractivity contribution in [2.24, 2.45) is 0 Å². The molecular formula is C16H21NO4. The molecule has 2 fully saturated rings. The first-order valence-electron chi connectivity index (χ1n) is 7.47. The molecule has 2 saturated heterocycles. The van der Waals surface area contributed by atoms with Crippen LogP contribution in [0.4, 0.5) is 0 Å². The molecule has 21 heavy (non-hydrogen) atoms. The molecule has 5 atom stereocenters. The Morgan fingerprint density at radius 3 is 2.71 bits per heavy atom. The highest BCUT2D eigenvalue weighted by Gasteiger charge is 2.41. The van der Waals surface area contributed by atoms with E-state index in [4.69, 9.17) is 4.74 Å². The minimum Gasteiger partial charge on any atom is -0.462 e. The van der Waals surface area contributed by atoms with Crippen LogP contribution in [0.5, 0.6) is 0 Å². The van der Waals surface area contributed by atoms with E-state index in [1.165, 1.54) is 0 Å². The third-order valence-corrected chi connectivity index (χ3v) is 4.46. The molecule has 2 bridgehead atoms. The molecule has 5 heteroatoms. The molecule has 1 unspecified atom stereocenters. The molecule has 0 spiro atoms. The first kappa shape index (κ1) is 14.5. The molecule has 0 amide bonds. The van der Waals surface area contributed by atoms with Crippen LogP contribution in [0.25, 0.3) is 0 Å². The predicted octanol–water partition coefficient (Wildman–Crippen LogP) is 0.559. The molecule has 2 aliphatic heterocycles. The zero-order chi connectivity index (χ0) is 14.8. The number of aliphatic hydroxyl groups excluding tert-OH is 2. The van der Waals surface area contributed by atoms with Gasteiger partial charge in [0.05, 0.1) is 12.7 Å². The van der Waals surface area contributed by atoms with Crippen LogP contribution in [0.2, 0.25) is 0 Å². The lowest BCUT2D eigenvalue weighted by atomic mass is 9.99. The maximum atomic E-state index is 12.3. The van der Waals surface area contributed by atoms with Crippen molar-refractivity contribution in [2.75, 3.05) is 6.61 Å². The summed E-state index contributed by atoms with van der Waals surface area (Å²) in [6.45, 7) is -0.261. The van der Waals surface area contributed by atoms with E-state index in [9.17, 15) is 15.0 Å². The summed E-state index contributed by atoms with van der Waals surface area (Å²) in [4.78, 5) is 12.3. The Kier molecular flexibility index (Phi) is 4.24. The summed E-state index contributed by atoms with van der Waals surface area (Å²) in [7, 11) is 0. The zero-order valence-electron chi connectivity index (χ0n) is 11.8. The molecule has 2 aliphatic rings. The van der Waals surface area contributed by atoms with Gasteiger partial charge in [-0.25, -0.2) is 0 Å². The lowest BCUT2D eigenvalue weighted by Gasteiger charge is -2.30. The van der Waals surface area contributed by atoms with Crippen LogP contribution in [0.1, 0.15) is 30.7 Å². The number of carbonyl (C=O) groups excluding carboxylic acids is 1. The molecule has 2 heterocycles. The first-order chi connectivity index (χ1) is 10.2. The van der Waals surface area contributed by atoms with Gasteiger partial charge in [0, 0.05) is 18.5 Å². The summed E-state index contributed by atoms with van der Waals surface area (Å²) >= 11 is 0. The number of piperidine rings is 1. The molecule has 3 N–H and O–H groups in total. The number of fused-ring (bicyclic) bond motifs is 2. The minimum absolute atomic E-state index is 0.0193. The van der Waals surface area contributed by atoms with Crippen LogP contribution < -0.4 is 5.32 Å². The summed E-state index contributed by atoms with van der Waals surface area (Å²) in [6, 6.07) is 9.43. The lowest BCUT2D eigenvalue weighted by molar-refractivity contribution is -0.153. The molecule has 0 aliphatic carbocycles. The molecule has 0 saturated carbocycles. The molecule has 0 radical (unpaired) electrons. The highest BCUT2D eigenvalue weighted by atomic mass is 16.5. The number of carbonyl (C=O) groups is 1. The molecule has 3 rings (SSSR count). The van der Waals surface area contributed by atoms with E-state index < -0.39 is 5.92 Å². The van der Waals surface area contributed by atoms with Gasteiger partial charge in [-0.15, -0.1) is 0 Å². The Bertz CT molecular complexity index is 490. The van der Waals surface area contributed by atoms with Gasteiger partial charge in [0.2, 0.25) is 0 Å². The van der Waals surface area contributed by atoms with Crippen LogP contribution in [0, 0.1) is 0 Å². The molecule has 1 aromatic rings. The van der Waals surface area contributed by atoms with Crippen LogP contribution in [-0.2, 0) is 9.53 Å². The van der Waals surface area contributed by atoms with Gasteiger partial charge in [-0.3, -0.25) is 4.79 Å². The predicted molar refractivity (Wildman–Crippen MR) is 76.7 cm³/mol. The van der Waals surface area contributed by atoms with E-state index in [-0.39, 0.29) is 36.9 Å². The SMILES string of the molecule is O=C(O[C@H]1C[C@H]2C[C@H](O)[C@@H](C1)N2)C(CO)c1ccccc1. The van der Waals surface area contributed by atoms with Gasteiger partial charge >= 0.3 is 5.97 Å². The van der Waals surface area contributed by atoms with Crippen LogP contribution >= 0.6 is 0 Å². The monoisotopic (exact) mass is 291 g/mol. The minimum atomic E-state index is -0.635. The summed E-state index contributed by atoms with van der Waals surface area (Å²) < 4.78 is 5.58. The molecule has 5 nitrogen and oxygen atoms in total. The summed E-state index contributed by atoms with van der Waals surface area (Å²) in [5.41, 5.74) is 0.766. The average Bonchev–Trinajstić information content (AvgIpc) is 2.74. The Morgan fingerprint density at radius 2 is 2.05 bits per heavy atom. The van der Waals surface area contributed by atoms with Crippen molar-refractivity contribution in [1.82, 2.24) is 5.32 Å². The number of hydrogen-bond donors (Lipinski definition) is 3. The van der Waals surface area contributed by atoms with E-state index in [1.54, 1.807) is 0 Å². The van der Waals surface area contributed by atoms with Crippen LogP contribution in [0.3, 0.4) is 0 Å². The standard InChI is InChI=1S/C16H21NO4/c18-9-13(10-4-2-1-3-5-10)16(20)21-12-6-11-7-15(19)14(8-12)17-11/h1-5,11-15,17-19H,6-9H2/t11-,12-,13?,14+,15-/m0/s1. The van der Waals surface area contributed by atoms with Gasteiger partial charge in [-0.1, -0.05) is 30.3 Å². The maximum absolute atomic E-state index is 12.3. The average molecular weight is 291 g/mol. The number of nitrogens with one attached hydrogen (secondary N) is 1. The summed E-state index contributed by atoms with van der Waals surface area (Å²) in [6.07, 6.45) is 1.56. The zero-order valence-corrected chi connectivity index (χ0v) is 11.8. The third kappa shape index (κ3) is 3.10. The smallest absolute Gasteiger partial charge is 0.316 e. The first-order valence-corrected chi connectivity index (χ1v) is 7.47. The molecular weight excluding hydrogens is 270 g/mol. The second kappa shape index (κ2) is 6.13. The van der Waals surface area contributed by atoms with Crippen molar-refractivity contribution in [3.63, 3.8) is 0 Å². The highest BCUT2D eigenvalue weighted by molar-refractivity contribution is 5.78. The Labute approximate surface area is 123 Å². The number of benzene rings is 1. The van der Waals surface area contributed by atoms with E-state index >= 15 is 0 Å². The van der Waals surface area contributed by atoms with Crippen LogP contribution in [0.15, 0.2) is 30.3 Å². The number of rotatable bonds is 4. The van der Waals surface area contributed by atoms with Crippen LogP contribution in [-0.4, -0.2) is 47.1 Å². The van der Waals surface area contributed by atoms with E-state index in [1.807, 2.05) is 30.3 Å².